The lowest BCUT2D eigenvalue weighted by Crippen LogP contribution is -2.14. The Bertz CT molecular complexity index is 408. The van der Waals surface area contributed by atoms with Crippen molar-refractivity contribution in [1.29, 1.82) is 0 Å². The van der Waals surface area contributed by atoms with Gasteiger partial charge >= 0.3 is 0 Å². The van der Waals surface area contributed by atoms with E-state index in [2.05, 4.69) is 19.9 Å². The third-order valence-electron chi connectivity index (χ3n) is 2.27. The largest absolute Gasteiger partial charge is 0.329 e. The Kier molecular flexibility index (Phi) is 3.09. The Morgan fingerprint density at radius 2 is 2.27 bits per heavy atom. The van der Waals surface area contributed by atoms with E-state index >= 15 is 0 Å². The van der Waals surface area contributed by atoms with Crippen LogP contribution >= 0.6 is 0 Å². The molecule has 4 nitrogen and oxygen atoms in total. The molecule has 0 amide bonds. The maximum absolute atomic E-state index is 4.16. The lowest BCUT2D eigenvalue weighted by Gasteiger charge is -2.06. The molecule has 0 unspecified atom stereocenters. The van der Waals surface area contributed by atoms with Gasteiger partial charge in [0.25, 0.3) is 0 Å². The lowest BCUT2D eigenvalue weighted by atomic mass is 10.2. The molecule has 0 atom stereocenters. The summed E-state index contributed by atoms with van der Waals surface area (Å²) in [4.78, 5) is 8.26. The van der Waals surface area contributed by atoms with E-state index < -0.39 is 0 Å². The van der Waals surface area contributed by atoms with Gasteiger partial charge < -0.3 is 9.88 Å². The standard InChI is InChI=1S/C11H14N4/c1-12-5-6-15-9-14-8-11(15)10-3-2-4-13-7-10/h2-4,7-9,12H,5-6H2,1H3. The minimum Gasteiger partial charge on any atom is -0.329 e. The number of nitrogens with one attached hydrogen (secondary N) is 1. The van der Waals surface area contributed by atoms with Gasteiger partial charge in [-0.1, -0.05) is 0 Å². The molecule has 0 saturated carbocycles. The average Bonchev–Trinajstić information content (AvgIpc) is 2.75. The number of hydrogen-bond acceptors (Lipinski definition) is 3. The van der Waals surface area contributed by atoms with Crippen LogP contribution < -0.4 is 5.32 Å². The van der Waals surface area contributed by atoms with E-state index in [1.54, 1.807) is 6.20 Å². The molecule has 2 aromatic heterocycles. The second-order valence-electron chi connectivity index (χ2n) is 3.32. The summed E-state index contributed by atoms with van der Waals surface area (Å²) in [6.45, 7) is 1.85. The number of nitrogens with zero attached hydrogens (tertiary/aromatic N) is 3. The number of rotatable bonds is 4. The lowest BCUT2D eigenvalue weighted by molar-refractivity contribution is 0.648. The number of pyridine rings is 1. The average molecular weight is 202 g/mol. The SMILES string of the molecule is CNCCn1cncc1-c1cccnc1. The summed E-state index contributed by atoms with van der Waals surface area (Å²) in [6.07, 6.45) is 7.34. The summed E-state index contributed by atoms with van der Waals surface area (Å²) >= 11 is 0. The van der Waals surface area contributed by atoms with Crippen molar-refractivity contribution in [2.24, 2.45) is 0 Å². The summed E-state index contributed by atoms with van der Waals surface area (Å²) in [5, 5.41) is 3.12. The fourth-order valence-corrected chi connectivity index (χ4v) is 1.49. The molecule has 0 saturated heterocycles. The molecule has 1 N–H and O–H groups in total. The van der Waals surface area contributed by atoms with E-state index in [0.29, 0.717) is 0 Å². The summed E-state index contributed by atoms with van der Waals surface area (Å²) in [7, 11) is 1.95. The fourth-order valence-electron chi connectivity index (χ4n) is 1.49. The Morgan fingerprint density at radius 3 is 3.00 bits per heavy atom. The first-order valence-corrected chi connectivity index (χ1v) is 4.97. The highest BCUT2D eigenvalue weighted by Crippen LogP contribution is 2.16. The minimum absolute atomic E-state index is 0.917. The van der Waals surface area contributed by atoms with Crippen molar-refractivity contribution < 1.29 is 0 Å². The van der Waals surface area contributed by atoms with E-state index in [4.69, 9.17) is 0 Å². The summed E-state index contributed by atoms with van der Waals surface area (Å²) in [5.41, 5.74) is 2.21. The Balaban J connectivity index is 2.25. The molecular formula is C11H14N4. The van der Waals surface area contributed by atoms with Crippen molar-refractivity contribution in [3.63, 3.8) is 0 Å². The monoisotopic (exact) mass is 202 g/mol. The Hall–Kier alpha value is -1.68. The molecule has 2 rings (SSSR count). The van der Waals surface area contributed by atoms with Crippen molar-refractivity contribution in [3.05, 3.63) is 37.1 Å². The zero-order chi connectivity index (χ0) is 10.5. The molecule has 0 bridgehead atoms. The fraction of sp³-hybridized carbons (Fsp3) is 0.273. The first kappa shape index (κ1) is 9.86. The molecule has 2 aromatic rings. The molecule has 0 aromatic carbocycles. The van der Waals surface area contributed by atoms with Crippen LogP contribution in [0.25, 0.3) is 11.3 Å². The topological polar surface area (TPSA) is 42.7 Å². The van der Waals surface area contributed by atoms with Crippen molar-refractivity contribution in [3.8, 4) is 11.3 Å². The van der Waals surface area contributed by atoms with Gasteiger partial charge in [-0.15, -0.1) is 0 Å². The van der Waals surface area contributed by atoms with Gasteiger partial charge in [0.1, 0.15) is 0 Å². The van der Waals surface area contributed by atoms with Gasteiger partial charge in [-0.05, 0) is 19.2 Å². The highest BCUT2D eigenvalue weighted by molar-refractivity contribution is 5.57. The molecule has 0 aliphatic heterocycles. The molecule has 0 spiro atoms. The molecule has 0 aliphatic carbocycles. The van der Waals surface area contributed by atoms with Gasteiger partial charge in [-0.25, -0.2) is 4.98 Å². The van der Waals surface area contributed by atoms with Crippen LogP contribution in [0.3, 0.4) is 0 Å². The molecule has 4 heteroatoms. The zero-order valence-corrected chi connectivity index (χ0v) is 8.72. The van der Waals surface area contributed by atoms with Gasteiger partial charge in [0.05, 0.1) is 18.2 Å². The van der Waals surface area contributed by atoms with Crippen LogP contribution in [-0.2, 0) is 6.54 Å². The summed E-state index contributed by atoms with van der Waals surface area (Å²) in [6, 6.07) is 3.98. The summed E-state index contributed by atoms with van der Waals surface area (Å²) < 4.78 is 2.12. The first-order chi connectivity index (χ1) is 7.42. The molecule has 15 heavy (non-hydrogen) atoms. The molecule has 78 valence electrons. The van der Waals surface area contributed by atoms with E-state index in [9.17, 15) is 0 Å². The van der Waals surface area contributed by atoms with Gasteiger partial charge in [-0.2, -0.15) is 0 Å². The van der Waals surface area contributed by atoms with Gasteiger partial charge in [0.15, 0.2) is 0 Å². The van der Waals surface area contributed by atoms with E-state index in [-0.39, 0.29) is 0 Å². The maximum Gasteiger partial charge on any atom is 0.0951 e. The summed E-state index contributed by atoms with van der Waals surface area (Å²) in [5.74, 6) is 0. The Labute approximate surface area is 89.0 Å². The molecular weight excluding hydrogens is 188 g/mol. The Morgan fingerprint density at radius 1 is 1.33 bits per heavy atom. The van der Waals surface area contributed by atoms with Crippen LogP contribution in [0, 0.1) is 0 Å². The van der Waals surface area contributed by atoms with Crippen LogP contribution in [-0.4, -0.2) is 28.1 Å². The highest BCUT2D eigenvalue weighted by atomic mass is 15.1. The number of aromatic nitrogens is 3. The third-order valence-corrected chi connectivity index (χ3v) is 2.27. The van der Waals surface area contributed by atoms with Crippen molar-refractivity contribution in [1.82, 2.24) is 19.9 Å². The van der Waals surface area contributed by atoms with Crippen molar-refractivity contribution >= 4 is 0 Å². The number of hydrogen-bond donors (Lipinski definition) is 1. The van der Waals surface area contributed by atoms with Crippen LogP contribution in [0.5, 0.6) is 0 Å². The zero-order valence-electron chi connectivity index (χ0n) is 8.72. The quantitative estimate of drug-likeness (QED) is 0.809. The van der Waals surface area contributed by atoms with Crippen molar-refractivity contribution in [2.75, 3.05) is 13.6 Å². The van der Waals surface area contributed by atoms with E-state index in [1.807, 2.05) is 37.9 Å². The smallest absolute Gasteiger partial charge is 0.0951 e. The third kappa shape index (κ3) is 2.22. The van der Waals surface area contributed by atoms with Crippen LogP contribution in [0.1, 0.15) is 0 Å². The maximum atomic E-state index is 4.16. The number of imidazole rings is 1. The predicted octanol–water partition coefficient (Wildman–Crippen LogP) is 1.16. The molecule has 2 heterocycles. The van der Waals surface area contributed by atoms with Crippen LogP contribution in [0.15, 0.2) is 37.1 Å². The van der Waals surface area contributed by atoms with Gasteiger partial charge in [0, 0.05) is 31.0 Å². The van der Waals surface area contributed by atoms with Crippen molar-refractivity contribution in [2.45, 2.75) is 6.54 Å². The highest BCUT2D eigenvalue weighted by Gasteiger charge is 2.03. The van der Waals surface area contributed by atoms with Crippen LogP contribution in [0.2, 0.25) is 0 Å². The van der Waals surface area contributed by atoms with E-state index in [1.165, 1.54) is 0 Å². The normalized spacial score (nSPS) is 10.5. The number of likely N-dealkylation sites (N-methyl/N-ethyl adjacent to an activating group) is 1. The molecule has 0 radical (unpaired) electrons. The second-order valence-corrected chi connectivity index (χ2v) is 3.32. The molecule has 0 fully saturated rings. The van der Waals surface area contributed by atoms with E-state index in [0.717, 1.165) is 24.3 Å². The second kappa shape index (κ2) is 4.70. The van der Waals surface area contributed by atoms with Gasteiger partial charge in [-0.3, -0.25) is 4.98 Å². The van der Waals surface area contributed by atoms with Crippen LogP contribution in [0.4, 0.5) is 0 Å². The van der Waals surface area contributed by atoms with Gasteiger partial charge in [0.2, 0.25) is 0 Å². The predicted molar refractivity (Wildman–Crippen MR) is 59.4 cm³/mol. The first-order valence-electron chi connectivity index (χ1n) is 4.97. The molecule has 0 aliphatic rings. The minimum atomic E-state index is 0.917.